The Kier molecular flexibility index (Phi) is 3.90. The van der Waals surface area contributed by atoms with Crippen LogP contribution in [0, 0.1) is 0 Å². The fourth-order valence-corrected chi connectivity index (χ4v) is 2.42. The summed E-state index contributed by atoms with van der Waals surface area (Å²) in [7, 11) is -6.01. The maximum atomic E-state index is 12.5. The Balaban J connectivity index is 2.16. The molecule has 0 N–H and O–H groups in total. The summed E-state index contributed by atoms with van der Waals surface area (Å²) < 4.78 is 105. The first-order valence-electron chi connectivity index (χ1n) is 6.41. The zero-order valence-corrected chi connectivity index (χ0v) is 12.9. The second-order valence-corrected chi connectivity index (χ2v) is 6.26. The molecule has 0 bridgehead atoms. The van der Waals surface area contributed by atoms with E-state index in [4.69, 9.17) is 0 Å². The Bertz CT molecular complexity index is 1090. The van der Waals surface area contributed by atoms with E-state index in [2.05, 4.69) is 18.9 Å². The number of alkyl halides is 6. The zero-order chi connectivity index (χ0) is 19.3. The molecule has 0 spiro atoms. The van der Waals surface area contributed by atoms with Crippen LogP contribution in [0.15, 0.2) is 30.6 Å². The van der Waals surface area contributed by atoms with E-state index in [0.29, 0.717) is 0 Å². The van der Waals surface area contributed by atoms with Crippen molar-refractivity contribution in [3.63, 3.8) is 0 Å². The van der Waals surface area contributed by atoms with Crippen molar-refractivity contribution in [3.05, 3.63) is 30.6 Å². The molecule has 140 valence electrons. The van der Waals surface area contributed by atoms with Crippen molar-refractivity contribution in [2.45, 2.75) is 11.9 Å². The van der Waals surface area contributed by atoms with E-state index in [-0.39, 0.29) is 11.0 Å². The van der Waals surface area contributed by atoms with Gasteiger partial charge in [-0.05, 0) is 12.1 Å². The van der Waals surface area contributed by atoms with Gasteiger partial charge in [0.1, 0.15) is 5.75 Å². The first-order valence-corrected chi connectivity index (χ1v) is 7.81. The van der Waals surface area contributed by atoms with Gasteiger partial charge in [0.05, 0.1) is 11.0 Å². The summed E-state index contributed by atoms with van der Waals surface area (Å²) in [6.45, 7) is 0. The lowest BCUT2D eigenvalue weighted by molar-refractivity contribution is -0.274. The average Bonchev–Trinajstić information content (AvgIpc) is 2.94. The molecule has 0 aliphatic rings. The van der Waals surface area contributed by atoms with Crippen LogP contribution in [-0.4, -0.2) is 34.7 Å². The number of aromatic nitrogens is 3. The van der Waals surface area contributed by atoms with Gasteiger partial charge in [-0.25, -0.2) is 9.97 Å². The van der Waals surface area contributed by atoms with Gasteiger partial charge >= 0.3 is 22.0 Å². The molecule has 1 aromatic carbocycles. The molecule has 7 nitrogen and oxygen atoms in total. The smallest absolute Gasteiger partial charge is 0.406 e. The van der Waals surface area contributed by atoms with Crippen molar-refractivity contribution >= 4 is 26.8 Å². The van der Waals surface area contributed by atoms with Gasteiger partial charge in [-0.2, -0.15) is 21.6 Å². The van der Waals surface area contributed by atoms with Crippen LogP contribution < -0.4 is 8.92 Å². The second-order valence-electron chi connectivity index (χ2n) is 4.72. The van der Waals surface area contributed by atoms with Crippen LogP contribution >= 0.6 is 0 Å². The fraction of sp³-hybridized carbons (Fsp3) is 0.167. The molecule has 14 heteroatoms. The summed E-state index contributed by atoms with van der Waals surface area (Å²) in [5, 5.41) is 0. The molecule has 2 heterocycles. The summed E-state index contributed by atoms with van der Waals surface area (Å²) in [5.41, 5.74) is -6.33. The Hall–Kier alpha value is -2.77. The van der Waals surface area contributed by atoms with E-state index in [1.165, 1.54) is 6.20 Å². The van der Waals surface area contributed by atoms with Gasteiger partial charge in [-0.15, -0.1) is 13.2 Å². The third-order valence-corrected chi connectivity index (χ3v) is 3.91. The molecule has 0 unspecified atom stereocenters. The van der Waals surface area contributed by atoms with Gasteiger partial charge < -0.3 is 8.92 Å². The highest BCUT2D eigenvalue weighted by molar-refractivity contribution is 7.88. The van der Waals surface area contributed by atoms with Gasteiger partial charge in [0.15, 0.2) is 0 Å². The number of imidazole rings is 1. The molecule has 2 aromatic heterocycles. The lowest BCUT2D eigenvalue weighted by Crippen LogP contribution is -2.28. The SMILES string of the molecule is O=S(=O)(Oc1nc2ccc(OC(F)(F)F)cc2n2ccnc12)C(F)(F)F. The molecular formula is C12H5F6N3O4S. The van der Waals surface area contributed by atoms with Gasteiger partial charge in [-0.3, -0.25) is 4.40 Å². The summed E-state index contributed by atoms with van der Waals surface area (Å²) in [6, 6.07) is 2.75. The summed E-state index contributed by atoms with van der Waals surface area (Å²) >= 11 is 0. The summed E-state index contributed by atoms with van der Waals surface area (Å²) in [5.74, 6) is -1.59. The highest BCUT2D eigenvalue weighted by Crippen LogP contribution is 2.31. The van der Waals surface area contributed by atoms with E-state index >= 15 is 0 Å². The van der Waals surface area contributed by atoms with Crippen LogP contribution in [0.2, 0.25) is 0 Å². The standard InChI is InChI=1S/C12H5F6N3O4S/c13-11(14,15)24-6-1-2-7-8(5-6)21-4-3-19-9(21)10(20-7)25-26(22,23)12(16,17)18/h1-5H. The van der Waals surface area contributed by atoms with Crippen LogP contribution in [0.5, 0.6) is 11.6 Å². The molecule has 0 radical (unpaired) electrons. The Morgan fingerprint density at radius 3 is 2.38 bits per heavy atom. The summed E-state index contributed by atoms with van der Waals surface area (Å²) in [4.78, 5) is 7.21. The predicted octanol–water partition coefficient (Wildman–Crippen LogP) is 3.01. The number of fused-ring (bicyclic) bond motifs is 3. The fourth-order valence-electron chi connectivity index (χ4n) is 2.01. The van der Waals surface area contributed by atoms with Gasteiger partial charge in [0.25, 0.3) is 5.88 Å². The summed E-state index contributed by atoms with van der Waals surface area (Å²) in [6.07, 6.45) is -2.72. The topological polar surface area (TPSA) is 82.8 Å². The maximum Gasteiger partial charge on any atom is 0.573 e. The van der Waals surface area contributed by atoms with Crippen LogP contribution in [0.25, 0.3) is 16.7 Å². The molecule has 3 rings (SSSR count). The first kappa shape index (κ1) is 18.0. The quantitative estimate of drug-likeness (QED) is 0.381. The molecule has 26 heavy (non-hydrogen) atoms. The largest absolute Gasteiger partial charge is 0.573 e. The third-order valence-electron chi connectivity index (χ3n) is 2.97. The Morgan fingerprint density at radius 1 is 1.08 bits per heavy atom. The van der Waals surface area contributed by atoms with Crippen molar-refractivity contribution in [2.24, 2.45) is 0 Å². The van der Waals surface area contributed by atoms with Crippen LogP contribution in [0.4, 0.5) is 26.3 Å². The monoisotopic (exact) mass is 401 g/mol. The number of hydrogen-bond donors (Lipinski definition) is 0. The lowest BCUT2D eigenvalue weighted by atomic mass is 10.3. The molecule has 0 atom stereocenters. The van der Waals surface area contributed by atoms with E-state index in [9.17, 15) is 34.8 Å². The van der Waals surface area contributed by atoms with E-state index < -0.39 is 39.3 Å². The van der Waals surface area contributed by atoms with E-state index in [1.807, 2.05) is 0 Å². The highest BCUT2D eigenvalue weighted by atomic mass is 32.2. The van der Waals surface area contributed by atoms with Crippen molar-refractivity contribution in [1.29, 1.82) is 0 Å². The third kappa shape index (κ3) is 3.31. The van der Waals surface area contributed by atoms with Gasteiger partial charge in [0, 0.05) is 18.5 Å². The number of nitrogens with zero attached hydrogens (tertiary/aromatic N) is 3. The molecule has 0 aliphatic heterocycles. The Labute approximate surface area is 139 Å². The predicted molar refractivity (Wildman–Crippen MR) is 72.8 cm³/mol. The van der Waals surface area contributed by atoms with Crippen molar-refractivity contribution in [2.75, 3.05) is 0 Å². The normalized spacial score (nSPS) is 13.3. The molecule has 0 amide bonds. The van der Waals surface area contributed by atoms with Gasteiger partial charge in [0.2, 0.25) is 5.65 Å². The average molecular weight is 401 g/mol. The maximum absolute atomic E-state index is 12.5. The van der Waals surface area contributed by atoms with E-state index in [0.717, 1.165) is 28.8 Å². The minimum Gasteiger partial charge on any atom is -0.406 e. The Morgan fingerprint density at radius 2 is 1.77 bits per heavy atom. The number of benzene rings is 1. The second kappa shape index (κ2) is 5.62. The minimum absolute atomic E-state index is 0.0315. The number of rotatable bonds is 3. The molecular weight excluding hydrogens is 396 g/mol. The van der Waals surface area contributed by atoms with Crippen LogP contribution in [0.3, 0.4) is 0 Å². The number of hydrogen-bond acceptors (Lipinski definition) is 6. The van der Waals surface area contributed by atoms with E-state index in [1.54, 1.807) is 0 Å². The molecule has 3 aromatic rings. The van der Waals surface area contributed by atoms with Crippen molar-refractivity contribution in [3.8, 4) is 11.6 Å². The van der Waals surface area contributed by atoms with Crippen molar-refractivity contribution in [1.82, 2.24) is 14.4 Å². The molecule has 0 saturated carbocycles. The van der Waals surface area contributed by atoms with Crippen LogP contribution in [-0.2, 0) is 10.1 Å². The first-order chi connectivity index (χ1) is 11.9. The number of halogens is 6. The lowest BCUT2D eigenvalue weighted by Gasteiger charge is -2.12. The number of ether oxygens (including phenoxy) is 1. The zero-order valence-electron chi connectivity index (χ0n) is 12.0. The van der Waals surface area contributed by atoms with Gasteiger partial charge in [-0.1, -0.05) is 0 Å². The molecule has 0 aliphatic carbocycles. The minimum atomic E-state index is -6.01. The van der Waals surface area contributed by atoms with Crippen LogP contribution in [0.1, 0.15) is 0 Å². The highest BCUT2D eigenvalue weighted by Gasteiger charge is 2.49. The van der Waals surface area contributed by atoms with Crippen molar-refractivity contribution < 1.29 is 43.7 Å². The molecule has 0 fully saturated rings. The molecule has 0 saturated heterocycles.